The number of methoxy groups -OCH3 is 1. The summed E-state index contributed by atoms with van der Waals surface area (Å²) in [6, 6.07) is 24.2. The van der Waals surface area contributed by atoms with Gasteiger partial charge in [-0.15, -0.1) is 11.3 Å². The highest BCUT2D eigenvalue weighted by Crippen LogP contribution is 2.34. The van der Waals surface area contributed by atoms with Crippen molar-refractivity contribution in [2.24, 2.45) is 0 Å². The van der Waals surface area contributed by atoms with Gasteiger partial charge in [0.2, 0.25) is 0 Å². The molecule has 0 aliphatic rings. The molecule has 0 saturated carbocycles. The van der Waals surface area contributed by atoms with Crippen LogP contribution >= 0.6 is 11.3 Å². The fourth-order valence-electron chi connectivity index (χ4n) is 3.71. The standard InChI is InChI=1S/C28H27N3O4S/c1-19(27(33)34)29-26(32)22-14-12-21(13-15-22)17-31(16-20-8-4-3-5-9-20)28-30-24(18-36-28)23-10-6-7-11-25(23)35-2/h3-15,18-19H,16-17H2,1-2H3,(H,29,32)(H,33,34). The molecule has 3 aromatic carbocycles. The van der Waals surface area contributed by atoms with Crippen molar-refractivity contribution in [3.8, 4) is 17.0 Å². The first-order valence-electron chi connectivity index (χ1n) is 11.4. The third-order valence-corrected chi connectivity index (χ3v) is 6.57. The number of aromatic nitrogens is 1. The second-order valence-electron chi connectivity index (χ2n) is 8.29. The Kier molecular flexibility index (Phi) is 7.97. The van der Waals surface area contributed by atoms with Crippen LogP contribution in [-0.4, -0.2) is 35.1 Å². The van der Waals surface area contributed by atoms with Crippen LogP contribution in [0, 0.1) is 0 Å². The molecule has 0 spiro atoms. The summed E-state index contributed by atoms with van der Waals surface area (Å²) in [6.45, 7) is 2.68. The molecule has 2 N–H and O–H groups in total. The molecule has 1 aromatic heterocycles. The molecule has 1 amide bonds. The highest BCUT2D eigenvalue weighted by Gasteiger charge is 2.17. The maximum Gasteiger partial charge on any atom is 0.325 e. The Morgan fingerprint density at radius 1 is 0.972 bits per heavy atom. The Morgan fingerprint density at radius 3 is 2.28 bits per heavy atom. The van der Waals surface area contributed by atoms with E-state index in [9.17, 15) is 9.59 Å². The number of hydrogen-bond donors (Lipinski definition) is 2. The summed E-state index contributed by atoms with van der Waals surface area (Å²) >= 11 is 1.57. The monoisotopic (exact) mass is 501 g/mol. The number of hydrogen-bond acceptors (Lipinski definition) is 6. The molecular formula is C28H27N3O4S. The van der Waals surface area contributed by atoms with E-state index in [1.807, 2.05) is 60.0 Å². The quantitative estimate of drug-likeness (QED) is 0.309. The van der Waals surface area contributed by atoms with Gasteiger partial charge in [-0.25, -0.2) is 4.98 Å². The number of ether oxygens (including phenoxy) is 1. The minimum absolute atomic E-state index is 0.411. The van der Waals surface area contributed by atoms with Gasteiger partial charge in [-0.05, 0) is 42.3 Å². The van der Waals surface area contributed by atoms with Crippen LogP contribution in [0.2, 0.25) is 0 Å². The molecule has 36 heavy (non-hydrogen) atoms. The van der Waals surface area contributed by atoms with E-state index in [1.54, 1.807) is 30.6 Å². The molecule has 0 aliphatic heterocycles. The van der Waals surface area contributed by atoms with Gasteiger partial charge in [-0.2, -0.15) is 0 Å². The number of carboxylic acids is 1. The van der Waals surface area contributed by atoms with Crippen molar-refractivity contribution < 1.29 is 19.4 Å². The first-order valence-corrected chi connectivity index (χ1v) is 12.3. The molecular weight excluding hydrogens is 474 g/mol. The van der Waals surface area contributed by atoms with Crippen LogP contribution in [0.15, 0.2) is 84.2 Å². The molecule has 1 atom stereocenters. The number of nitrogens with one attached hydrogen (secondary N) is 1. The molecule has 1 heterocycles. The maximum absolute atomic E-state index is 12.3. The SMILES string of the molecule is COc1ccccc1-c1csc(N(Cc2ccccc2)Cc2ccc(C(=O)NC(C)C(=O)O)cc2)n1. The second-order valence-corrected chi connectivity index (χ2v) is 9.12. The predicted octanol–water partition coefficient (Wildman–Crippen LogP) is 5.23. The van der Waals surface area contributed by atoms with Gasteiger partial charge >= 0.3 is 5.97 Å². The van der Waals surface area contributed by atoms with E-state index in [-0.39, 0.29) is 0 Å². The number of amides is 1. The van der Waals surface area contributed by atoms with Crippen molar-refractivity contribution in [3.05, 3.63) is 101 Å². The van der Waals surface area contributed by atoms with Crippen molar-refractivity contribution in [1.29, 1.82) is 0 Å². The topological polar surface area (TPSA) is 91.8 Å². The van der Waals surface area contributed by atoms with Crippen LogP contribution in [-0.2, 0) is 17.9 Å². The van der Waals surface area contributed by atoms with Crippen molar-refractivity contribution in [1.82, 2.24) is 10.3 Å². The van der Waals surface area contributed by atoms with E-state index in [4.69, 9.17) is 14.8 Å². The predicted molar refractivity (Wildman–Crippen MR) is 141 cm³/mol. The van der Waals surface area contributed by atoms with Gasteiger partial charge in [-0.1, -0.05) is 54.6 Å². The highest BCUT2D eigenvalue weighted by atomic mass is 32.1. The Labute approximate surface area is 214 Å². The zero-order chi connectivity index (χ0) is 25.5. The van der Waals surface area contributed by atoms with Gasteiger partial charge in [0.05, 0.1) is 12.8 Å². The summed E-state index contributed by atoms with van der Waals surface area (Å²) in [7, 11) is 1.65. The van der Waals surface area contributed by atoms with Crippen LogP contribution in [0.1, 0.15) is 28.4 Å². The number of para-hydroxylation sites is 1. The fourth-order valence-corrected chi connectivity index (χ4v) is 4.53. The van der Waals surface area contributed by atoms with Gasteiger partial charge < -0.3 is 20.1 Å². The Bertz CT molecular complexity index is 1320. The highest BCUT2D eigenvalue weighted by molar-refractivity contribution is 7.14. The van der Waals surface area contributed by atoms with Crippen LogP contribution in [0.5, 0.6) is 5.75 Å². The molecule has 0 radical (unpaired) electrons. The number of anilines is 1. The molecule has 4 aromatic rings. The molecule has 7 nitrogen and oxygen atoms in total. The lowest BCUT2D eigenvalue weighted by Gasteiger charge is -2.22. The zero-order valence-corrected chi connectivity index (χ0v) is 20.9. The Balaban J connectivity index is 1.57. The molecule has 4 rings (SSSR count). The van der Waals surface area contributed by atoms with Crippen molar-refractivity contribution >= 4 is 28.3 Å². The third kappa shape index (κ3) is 6.09. The number of benzene rings is 3. The van der Waals surface area contributed by atoms with Crippen LogP contribution in [0.25, 0.3) is 11.3 Å². The van der Waals surface area contributed by atoms with Crippen LogP contribution < -0.4 is 15.0 Å². The summed E-state index contributed by atoms with van der Waals surface area (Å²) in [5, 5.41) is 14.4. The van der Waals surface area contributed by atoms with Crippen molar-refractivity contribution in [2.45, 2.75) is 26.1 Å². The van der Waals surface area contributed by atoms with Crippen molar-refractivity contribution in [2.75, 3.05) is 12.0 Å². The number of carbonyl (C=O) groups excluding carboxylic acids is 1. The van der Waals surface area contributed by atoms with Gasteiger partial charge in [-0.3, -0.25) is 9.59 Å². The van der Waals surface area contributed by atoms with Crippen LogP contribution in [0.3, 0.4) is 0 Å². The number of thiazole rings is 1. The summed E-state index contributed by atoms with van der Waals surface area (Å²) in [6.07, 6.45) is 0. The average molecular weight is 502 g/mol. The van der Waals surface area contributed by atoms with Gasteiger partial charge in [0, 0.05) is 29.6 Å². The number of carboxylic acid groups (broad SMARTS) is 1. The lowest BCUT2D eigenvalue weighted by atomic mass is 10.1. The Hall–Kier alpha value is -4.17. The van der Waals surface area contributed by atoms with E-state index < -0.39 is 17.9 Å². The molecule has 0 aliphatic carbocycles. The van der Waals surface area contributed by atoms with Gasteiger partial charge in [0.15, 0.2) is 5.13 Å². The molecule has 0 bridgehead atoms. The molecule has 184 valence electrons. The minimum atomic E-state index is -1.08. The maximum atomic E-state index is 12.3. The number of nitrogens with zero attached hydrogens (tertiary/aromatic N) is 2. The lowest BCUT2D eigenvalue weighted by molar-refractivity contribution is -0.138. The fraction of sp³-hybridized carbons (Fsp3) is 0.179. The molecule has 0 fully saturated rings. The summed E-state index contributed by atoms with van der Waals surface area (Å²) in [5.41, 5.74) is 4.36. The first-order chi connectivity index (χ1) is 17.4. The van der Waals surface area contributed by atoms with Crippen molar-refractivity contribution in [3.63, 3.8) is 0 Å². The second kappa shape index (κ2) is 11.5. The molecule has 8 heteroatoms. The van der Waals surface area contributed by atoms with Gasteiger partial charge in [0.1, 0.15) is 11.8 Å². The normalized spacial score (nSPS) is 11.5. The van der Waals surface area contributed by atoms with Gasteiger partial charge in [0.25, 0.3) is 5.91 Å². The largest absolute Gasteiger partial charge is 0.496 e. The van der Waals surface area contributed by atoms with E-state index in [1.165, 1.54) is 6.92 Å². The average Bonchev–Trinajstić information content (AvgIpc) is 3.39. The van der Waals surface area contributed by atoms with E-state index in [2.05, 4.69) is 22.3 Å². The first kappa shape index (κ1) is 24.9. The lowest BCUT2D eigenvalue weighted by Crippen LogP contribution is -2.38. The van der Waals surface area contributed by atoms with E-state index >= 15 is 0 Å². The third-order valence-electron chi connectivity index (χ3n) is 5.67. The van der Waals surface area contributed by atoms with Crippen LogP contribution in [0.4, 0.5) is 5.13 Å². The smallest absolute Gasteiger partial charge is 0.325 e. The zero-order valence-electron chi connectivity index (χ0n) is 20.0. The molecule has 1 unspecified atom stereocenters. The van der Waals surface area contributed by atoms with E-state index in [0.29, 0.717) is 18.7 Å². The summed E-state index contributed by atoms with van der Waals surface area (Å²) in [4.78, 5) is 30.5. The minimum Gasteiger partial charge on any atom is -0.496 e. The summed E-state index contributed by atoms with van der Waals surface area (Å²) in [5.74, 6) is -0.721. The van der Waals surface area contributed by atoms with E-state index in [0.717, 1.165) is 33.3 Å². The number of aliphatic carboxylic acids is 1. The Morgan fingerprint density at radius 2 is 1.61 bits per heavy atom. The summed E-state index contributed by atoms with van der Waals surface area (Å²) < 4.78 is 5.51. The number of rotatable bonds is 10. The molecule has 0 saturated heterocycles. The number of carbonyl (C=O) groups is 2.